The zero-order valence-corrected chi connectivity index (χ0v) is 13.3. The van der Waals surface area contributed by atoms with Crippen molar-refractivity contribution in [1.29, 1.82) is 0 Å². The minimum absolute atomic E-state index is 0.0617. The zero-order valence-electron chi connectivity index (χ0n) is 13.3. The van der Waals surface area contributed by atoms with Crippen LogP contribution in [0.1, 0.15) is 37.6 Å². The molecule has 6 heteroatoms. The molecular weight excluding hydrogens is 282 g/mol. The first kappa shape index (κ1) is 16.3. The number of carbonyl (C=O) groups excluding carboxylic acids is 2. The average Bonchev–Trinajstić information content (AvgIpc) is 2.91. The summed E-state index contributed by atoms with van der Waals surface area (Å²) < 4.78 is 4.96. The highest BCUT2D eigenvalue weighted by Gasteiger charge is 2.31. The van der Waals surface area contributed by atoms with Gasteiger partial charge in [0.05, 0.1) is 12.2 Å². The molecule has 1 saturated heterocycles. The number of amides is 1. The Morgan fingerprint density at radius 1 is 1.41 bits per heavy atom. The molecule has 6 nitrogen and oxygen atoms in total. The number of esters is 1. The number of hydrazine groups is 1. The van der Waals surface area contributed by atoms with Crippen LogP contribution in [-0.2, 0) is 9.53 Å². The van der Waals surface area contributed by atoms with Crippen molar-refractivity contribution in [2.24, 2.45) is 0 Å². The third-order valence-corrected chi connectivity index (χ3v) is 3.68. The lowest BCUT2D eigenvalue weighted by molar-refractivity contribution is -0.134. The number of nitrogens with zero attached hydrogens (tertiary/aromatic N) is 2. The van der Waals surface area contributed by atoms with Gasteiger partial charge < -0.3 is 10.1 Å². The molecule has 1 N–H and O–H groups in total. The van der Waals surface area contributed by atoms with Gasteiger partial charge in [-0.2, -0.15) is 0 Å². The van der Waals surface area contributed by atoms with Gasteiger partial charge >= 0.3 is 5.97 Å². The lowest BCUT2D eigenvalue weighted by Gasteiger charge is -2.32. The van der Waals surface area contributed by atoms with E-state index in [4.69, 9.17) is 4.74 Å². The molecule has 0 aromatic heterocycles. The van der Waals surface area contributed by atoms with Crippen LogP contribution in [0.4, 0.5) is 5.69 Å². The molecule has 0 aliphatic carbocycles. The summed E-state index contributed by atoms with van der Waals surface area (Å²) in [6, 6.07) is 7.38. The molecule has 1 unspecified atom stereocenters. The largest absolute Gasteiger partial charge is 0.462 e. The highest BCUT2D eigenvalue weighted by atomic mass is 16.5. The molecule has 1 aliphatic heterocycles. The van der Waals surface area contributed by atoms with E-state index in [1.807, 2.05) is 17.1 Å². The second-order valence-corrected chi connectivity index (χ2v) is 5.49. The molecule has 0 spiro atoms. The smallest absolute Gasteiger partial charge is 0.338 e. The molecule has 22 heavy (non-hydrogen) atoms. The molecule has 1 heterocycles. The SMILES string of the molecule is CCOC(=O)c1ccc(NC2CCN(C(C)C)N2C=O)cc1. The molecule has 0 radical (unpaired) electrons. The molecule has 1 fully saturated rings. The second kappa shape index (κ2) is 7.26. The van der Waals surface area contributed by atoms with Crippen molar-refractivity contribution >= 4 is 18.1 Å². The topological polar surface area (TPSA) is 61.9 Å². The minimum atomic E-state index is -0.324. The Labute approximate surface area is 131 Å². The summed E-state index contributed by atoms with van der Waals surface area (Å²) in [6.45, 7) is 7.11. The van der Waals surface area contributed by atoms with E-state index in [-0.39, 0.29) is 18.2 Å². The number of nitrogens with one attached hydrogen (secondary N) is 1. The van der Waals surface area contributed by atoms with Crippen molar-refractivity contribution in [3.63, 3.8) is 0 Å². The van der Waals surface area contributed by atoms with Gasteiger partial charge in [-0.3, -0.25) is 9.80 Å². The van der Waals surface area contributed by atoms with Gasteiger partial charge in [0.1, 0.15) is 6.17 Å². The van der Waals surface area contributed by atoms with Crippen LogP contribution >= 0.6 is 0 Å². The third kappa shape index (κ3) is 3.57. The van der Waals surface area contributed by atoms with E-state index in [1.165, 1.54) is 0 Å². The van der Waals surface area contributed by atoms with E-state index in [9.17, 15) is 9.59 Å². The number of rotatable bonds is 6. The van der Waals surface area contributed by atoms with E-state index in [0.29, 0.717) is 12.2 Å². The second-order valence-electron chi connectivity index (χ2n) is 5.49. The maximum atomic E-state index is 11.6. The van der Waals surface area contributed by atoms with Crippen LogP contribution in [0.3, 0.4) is 0 Å². The Morgan fingerprint density at radius 2 is 2.09 bits per heavy atom. The van der Waals surface area contributed by atoms with Gasteiger partial charge in [0.15, 0.2) is 0 Å². The van der Waals surface area contributed by atoms with Crippen LogP contribution in [0, 0.1) is 0 Å². The third-order valence-electron chi connectivity index (χ3n) is 3.68. The normalized spacial score (nSPS) is 18.5. The maximum Gasteiger partial charge on any atom is 0.338 e. The van der Waals surface area contributed by atoms with Gasteiger partial charge in [-0.05, 0) is 45.0 Å². The van der Waals surface area contributed by atoms with E-state index in [2.05, 4.69) is 19.2 Å². The fraction of sp³-hybridized carbons (Fsp3) is 0.500. The lowest BCUT2D eigenvalue weighted by atomic mass is 10.2. The zero-order chi connectivity index (χ0) is 16.1. The number of anilines is 1. The standard InChI is InChI=1S/C16H23N3O3/c1-4-22-16(21)13-5-7-14(8-6-13)17-15-9-10-18(12(2)3)19(15)11-20/h5-8,11-12,15,17H,4,9-10H2,1-3H3. The van der Waals surface area contributed by atoms with E-state index < -0.39 is 0 Å². The van der Waals surface area contributed by atoms with Crippen molar-refractivity contribution < 1.29 is 14.3 Å². The van der Waals surface area contributed by atoms with E-state index in [0.717, 1.165) is 25.1 Å². The fourth-order valence-electron chi connectivity index (χ4n) is 2.59. The minimum Gasteiger partial charge on any atom is -0.462 e. The number of benzene rings is 1. The Balaban J connectivity index is 2.02. The van der Waals surface area contributed by atoms with E-state index >= 15 is 0 Å². The fourth-order valence-corrected chi connectivity index (χ4v) is 2.59. The Morgan fingerprint density at radius 3 is 2.64 bits per heavy atom. The summed E-state index contributed by atoms with van der Waals surface area (Å²) in [5, 5.41) is 7.06. The monoisotopic (exact) mass is 305 g/mol. The van der Waals surface area contributed by atoms with Gasteiger partial charge in [-0.15, -0.1) is 0 Å². The first-order chi connectivity index (χ1) is 10.6. The number of carbonyl (C=O) groups is 2. The van der Waals surface area contributed by atoms with Crippen LogP contribution in [0.5, 0.6) is 0 Å². The van der Waals surface area contributed by atoms with E-state index in [1.54, 1.807) is 24.1 Å². The molecule has 1 amide bonds. The average molecular weight is 305 g/mol. The lowest BCUT2D eigenvalue weighted by Crippen LogP contribution is -2.46. The van der Waals surface area contributed by atoms with Crippen molar-refractivity contribution in [3.8, 4) is 0 Å². The number of hydrogen-bond acceptors (Lipinski definition) is 5. The summed E-state index contributed by atoms with van der Waals surface area (Å²) in [5.41, 5.74) is 1.39. The van der Waals surface area contributed by atoms with Gasteiger partial charge in [-0.1, -0.05) is 0 Å². The highest BCUT2D eigenvalue weighted by Crippen LogP contribution is 2.21. The Bertz CT molecular complexity index is 516. The van der Waals surface area contributed by atoms with Crippen LogP contribution in [-0.4, -0.2) is 47.8 Å². The maximum absolute atomic E-state index is 11.6. The number of ether oxygens (including phenoxy) is 1. The summed E-state index contributed by atoms with van der Waals surface area (Å²) in [7, 11) is 0. The molecule has 1 aliphatic rings. The molecule has 1 atom stereocenters. The summed E-state index contributed by atoms with van der Waals surface area (Å²) in [5.74, 6) is -0.324. The number of hydrogen-bond donors (Lipinski definition) is 1. The van der Waals surface area contributed by atoms with Crippen LogP contribution in [0.2, 0.25) is 0 Å². The van der Waals surface area contributed by atoms with Gasteiger partial charge in [0, 0.05) is 24.7 Å². The Hall–Kier alpha value is -2.08. The summed E-state index contributed by atoms with van der Waals surface area (Å²) in [6.07, 6.45) is 1.65. The van der Waals surface area contributed by atoms with Crippen LogP contribution < -0.4 is 5.32 Å². The van der Waals surface area contributed by atoms with Crippen molar-refractivity contribution in [1.82, 2.24) is 10.0 Å². The molecule has 1 aromatic carbocycles. The quantitative estimate of drug-likeness (QED) is 0.644. The summed E-state index contributed by atoms with van der Waals surface area (Å²) in [4.78, 5) is 22.9. The first-order valence-electron chi connectivity index (χ1n) is 7.60. The Kier molecular flexibility index (Phi) is 5.38. The molecule has 1 aromatic rings. The first-order valence-corrected chi connectivity index (χ1v) is 7.60. The van der Waals surface area contributed by atoms with Crippen molar-refractivity contribution in [2.45, 2.75) is 39.4 Å². The van der Waals surface area contributed by atoms with Gasteiger partial charge in [0.2, 0.25) is 6.41 Å². The molecule has 0 saturated carbocycles. The predicted molar refractivity (Wildman–Crippen MR) is 84.2 cm³/mol. The highest BCUT2D eigenvalue weighted by molar-refractivity contribution is 5.89. The van der Waals surface area contributed by atoms with Crippen molar-refractivity contribution in [2.75, 3.05) is 18.5 Å². The molecule has 0 bridgehead atoms. The molecule has 120 valence electrons. The predicted octanol–water partition coefficient (Wildman–Crippen LogP) is 2.09. The molecular formula is C16H23N3O3. The summed E-state index contributed by atoms with van der Waals surface area (Å²) >= 11 is 0. The van der Waals surface area contributed by atoms with Gasteiger partial charge in [0.25, 0.3) is 0 Å². The molecule has 2 rings (SSSR count). The van der Waals surface area contributed by atoms with Crippen LogP contribution in [0.25, 0.3) is 0 Å². The van der Waals surface area contributed by atoms with Gasteiger partial charge in [-0.25, -0.2) is 9.80 Å². The van der Waals surface area contributed by atoms with Crippen molar-refractivity contribution in [3.05, 3.63) is 29.8 Å². The van der Waals surface area contributed by atoms with Crippen LogP contribution in [0.15, 0.2) is 24.3 Å².